The molecular formula is C41H76N2O2. The molecule has 1 aliphatic rings. The van der Waals surface area contributed by atoms with Gasteiger partial charge in [0.05, 0.1) is 0 Å². The molecule has 1 fully saturated rings. The first-order valence-electron chi connectivity index (χ1n) is 19.9. The summed E-state index contributed by atoms with van der Waals surface area (Å²) in [6.45, 7) is 6.81. The molecule has 0 saturated carbocycles. The topological polar surface area (TPSA) is 40.6 Å². The minimum absolute atomic E-state index is 0.198. The minimum atomic E-state index is -0.240. The number of unbranched alkanes of at least 4 members (excludes halogenated alkanes) is 22. The van der Waals surface area contributed by atoms with Crippen molar-refractivity contribution in [2.45, 2.75) is 200 Å². The van der Waals surface area contributed by atoms with Gasteiger partial charge < -0.3 is 9.80 Å². The van der Waals surface area contributed by atoms with Crippen molar-refractivity contribution in [2.75, 3.05) is 26.7 Å². The molecular weight excluding hydrogens is 552 g/mol. The van der Waals surface area contributed by atoms with Crippen LogP contribution in [0.25, 0.3) is 0 Å². The Bertz CT molecular complexity index is 746. The molecule has 0 spiro atoms. The fourth-order valence-electron chi connectivity index (χ4n) is 6.52. The Balaban J connectivity index is 2.09. The quantitative estimate of drug-likeness (QED) is 0.0566. The van der Waals surface area contributed by atoms with E-state index in [1.54, 1.807) is 0 Å². The van der Waals surface area contributed by atoms with Crippen molar-refractivity contribution in [1.29, 1.82) is 0 Å². The number of likely N-dealkylation sites (N-methyl/N-ethyl adjacent to an activating group) is 1. The number of hydrogen-bond donors (Lipinski definition) is 0. The highest BCUT2D eigenvalue weighted by Crippen LogP contribution is 2.18. The lowest BCUT2D eigenvalue weighted by Gasteiger charge is -2.39. The third kappa shape index (κ3) is 24.4. The molecule has 0 aliphatic carbocycles. The van der Waals surface area contributed by atoms with Crippen molar-refractivity contribution in [3.05, 3.63) is 24.3 Å². The van der Waals surface area contributed by atoms with Crippen LogP contribution in [0.1, 0.15) is 194 Å². The number of piperazine rings is 1. The van der Waals surface area contributed by atoms with Crippen LogP contribution in [-0.2, 0) is 9.59 Å². The lowest BCUT2D eigenvalue weighted by molar-refractivity contribution is -0.142. The van der Waals surface area contributed by atoms with Crippen LogP contribution >= 0.6 is 0 Å². The average molecular weight is 629 g/mol. The first kappa shape index (κ1) is 41.6. The van der Waals surface area contributed by atoms with Gasteiger partial charge in [0, 0.05) is 32.5 Å². The van der Waals surface area contributed by atoms with E-state index in [-0.39, 0.29) is 17.7 Å². The SMILES string of the molecule is CCCCCCCC/C=C\CCCCCCCC(=O)C1CN(C)CCN1C(=O)CCCCCCC/C=C\CCCCCCCC. The predicted octanol–water partition coefficient (Wildman–Crippen LogP) is 11.8. The highest BCUT2D eigenvalue weighted by molar-refractivity contribution is 5.89. The van der Waals surface area contributed by atoms with E-state index in [1.807, 2.05) is 4.90 Å². The van der Waals surface area contributed by atoms with Crippen LogP contribution in [0.15, 0.2) is 24.3 Å². The van der Waals surface area contributed by atoms with Gasteiger partial charge >= 0.3 is 0 Å². The molecule has 0 bridgehead atoms. The summed E-state index contributed by atoms with van der Waals surface area (Å²) in [5.41, 5.74) is 0. The molecule has 1 saturated heterocycles. The van der Waals surface area contributed by atoms with Crippen molar-refractivity contribution in [3.8, 4) is 0 Å². The summed E-state index contributed by atoms with van der Waals surface area (Å²) in [5, 5.41) is 0. The van der Waals surface area contributed by atoms with Crippen LogP contribution in [0.4, 0.5) is 0 Å². The minimum Gasteiger partial charge on any atom is -0.330 e. The third-order valence-corrected chi connectivity index (χ3v) is 9.61. The second-order valence-corrected chi connectivity index (χ2v) is 14.0. The molecule has 0 aromatic rings. The first-order valence-corrected chi connectivity index (χ1v) is 19.9. The summed E-state index contributed by atoms with van der Waals surface area (Å²) in [7, 11) is 2.08. The number of amides is 1. The van der Waals surface area contributed by atoms with Gasteiger partial charge in [-0.25, -0.2) is 0 Å². The molecule has 1 heterocycles. The largest absolute Gasteiger partial charge is 0.330 e. The summed E-state index contributed by atoms with van der Waals surface area (Å²) in [6.07, 6.45) is 43.6. The van der Waals surface area contributed by atoms with E-state index in [0.717, 1.165) is 32.2 Å². The van der Waals surface area contributed by atoms with Gasteiger partial charge in [-0.3, -0.25) is 9.59 Å². The van der Waals surface area contributed by atoms with Crippen LogP contribution < -0.4 is 0 Å². The fraction of sp³-hybridized carbons (Fsp3) is 0.854. The van der Waals surface area contributed by atoms with E-state index in [4.69, 9.17) is 0 Å². The normalized spacial score (nSPS) is 16.0. The van der Waals surface area contributed by atoms with Crippen molar-refractivity contribution in [2.24, 2.45) is 0 Å². The van der Waals surface area contributed by atoms with E-state index in [2.05, 4.69) is 50.1 Å². The van der Waals surface area contributed by atoms with E-state index in [1.165, 1.54) is 141 Å². The monoisotopic (exact) mass is 629 g/mol. The molecule has 1 aliphatic heterocycles. The van der Waals surface area contributed by atoms with Crippen molar-refractivity contribution in [1.82, 2.24) is 9.80 Å². The number of carbonyl (C=O) groups is 2. The molecule has 1 amide bonds. The molecule has 262 valence electrons. The zero-order chi connectivity index (χ0) is 32.6. The molecule has 1 unspecified atom stereocenters. The summed E-state index contributed by atoms with van der Waals surface area (Å²) in [5.74, 6) is 0.473. The van der Waals surface area contributed by atoms with Crippen LogP contribution in [-0.4, -0.2) is 54.2 Å². The zero-order valence-electron chi connectivity index (χ0n) is 30.5. The second kappa shape index (κ2) is 31.2. The standard InChI is InChI=1S/C41H76N2O2/c1-4-6-8-10-12-14-16-18-20-22-24-26-28-30-32-34-40(44)39-38-42(3)36-37-43(39)41(45)35-33-31-29-27-25-23-21-19-17-15-13-11-9-7-5-2/h18-21,39H,4-17,22-38H2,1-3H3/b20-18-,21-19-. The predicted molar refractivity (Wildman–Crippen MR) is 197 cm³/mol. The van der Waals surface area contributed by atoms with Gasteiger partial charge in [-0.15, -0.1) is 0 Å². The third-order valence-electron chi connectivity index (χ3n) is 9.61. The van der Waals surface area contributed by atoms with Crippen molar-refractivity contribution in [3.63, 3.8) is 0 Å². The van der Waals surface area contributed by atoms with Gasteiger partial charge in [0.15, 0.2) is 5.78 Å². The Hall–Kier alpha value is -1.42. The summed E-state index contributed by atoms with van der Waals surface area (Å²) in [4.78, 5) is 30.4. The molecule has 0 radical (unpaired) electrons. The Morgan fingerprint density at radius 3 is 1.33 bits per heavy atom. The lowest BCUT2D eigenvalue weighted by Crippen LogP contribution is -2.57. The van der Waals surface area contributed by atoms with E-state index < -0.39 is 0 Å². The fourth-order valence-corrected chi connectivity index (χ4v) is 6.52. The number of hydrogen-bond acceptors (Lipinski definition) is 3. The van der Waals surface area contributed by atoms with E-state index in [9.17, 15) is 9.59 Å². The Morgan fingerprint density at radius 1 is 0.511 bits per heavy atom. The number of ketones is 1. The number of nitrogens with zero attached hydrogens (tertiary/aromatic N) is 2. The molecule has 4 nitrogen and oxygen atoms in total. The second-order valence-electron chi connectivity index (χ2n) is 14.0. The van der Waals surface area contributed by atoms with Crippen LogP contribution in [0, 0.1) is 0 Å². The maximum atomic E-state index is 13.2. The summed E-state index contributed by atoms with van der Waals surface area (Å²) < 4.78 is 0. The Labute approximate surface area is 281 Å². The van der Waals surface area contributed by atoms with Crippen molar-refractivity contribution >= 4 is 11.7 Å². The average Bonchev–Trinajstić information content (AvgIpc) is 3.04. The maximum Gasteiger partial charge on any atom is 0.223 e. The van der Waals surface area contributed by atoms with Gasteiger partial charge in [-0.05, 0) is 71.3 Å². The Morgan fingerprint density at radius 2 is 0.889 bits per heavy atom. The zero-order valence-corrected chi connectivity index (χ0v) is 30.5. The van der Waals surface area contributed by atoms with Gasteiger partial charge in [0.2, 0.25) is 5.91 Å². The van der Waals surface area contributed by atoms with Crippen LogP contribution in [0.3, 0.4) is 0 Å². The molecule has 1 atom stereocenters. The molecule has 0 N–H and O–H groups in total. The van der Waals surface area contributed by atoms with Gasteiger partial charge in [-0.1, -0.05) is 141 Å². The number of carbonyl (C=O) groups excluding carboxylic acids is 2. The number of allylic oxidation sites excluding steroid dienone is 4. The summed E-state index contributed by atoms with van der Waals surface area (Å²) in [6, 6.07) is -0.240. The molecule has 0 aromatic heterocycles. The Kier molecular flexibility index (Phi) is 28.8. The van der Waals surface area contributed by atoms with Crippen LogP contribution in [0.5, 0.6) is 0 Å². The van der Waals surface area contributed by atoms with E-state index in [0.29, 0.717) is 25.9 Å². The van der Waals surface area contributed by atoms with Gasteiger partial charge in [0.25, 0.3) is 0 Å². The maximum absolute atomic E-state index is 13.2. The highest BCUT2D eigenvalue weighted by atomic mass is 16.2. The molecule has 4 heteroatoms. The van der Waals surface area contributed by atoms with Crippen LogP contribution in [0.2, 0.25) is 0 Å². The van der Waals surface area contributed by atoms with E-state index >= 15 is 0 Å². The van der Waals surface area contributed by atoms with Crippen molar-refractivity contribution < 1.29 is 9.59 Å². The van der Waals surface area contributed by atoms with Gasteiger partial charge in [-0.2, -0.15) is 0 Å². The highest BCUT2D eigenvalue weighted by Gasteiger charge is 2.33. The van der Waals surface area contributed by atoms with Gasteiger partial charge in [0.1, 0.15) is 6.04 Å². The first-order chi connectivity index (χ1) is 22.1. The molecule has 45 heavy (non-hydrogen) atoms. The number of rotatable bonds is 31. The number of Topliss-reactive ketones (excluding diaryl/α,β-unsaturated/α-hetero) is 1. The lowest BCUT2D eigenvalue weighted by atomic mass is 10.00. The molecule has 0 aromatic carbocycles. The smallest absolute Gasteiger partial charge is 0.223 e. The summed E-state index contributed by atoms with van der Waals surface area (Å²) >= 11 is 0. The molecule has 1 rings (SSSR count).